The minimum atomic E-state index is -0.0930. The summed E-state index contributed by atoms with van der Waals surface area (Å²) >= 11 is 1.50. The number of nitrogens with zero attached hydrogens (tertiary/aromatic N) is 4. The van der Waals surface area contributed by atoms with Crippen molar-refractivity contribution >= 4 is 29.0 Å². The standard InChI is InChI=1S/C21H29N5O2S/c1-16-7-14-29-19(16)21(28)26-12-10-25(11-13-26)18-6-5-17(15-23-18)20(27)22-8-4-9-24(2)3/h5-7,14-15H,4,8-13H2,1-3H3,(H,22,27). The predicted octanol–water partition coefficient (Wildman–Crippen LogP) is 2.10. The lowest BCUT2D eigenvalue weighted by Gasteiger charge is -2.35. The van der Waals surface area contributed by atoms with Crippen LogP contribution in [-0.4, -0.2) is 80.0 Å². The van der Waals surface area contributed by atoms with E-state index in [9.17, 15) is 9.59 Å². The molecule has 0 aliphatic carbocycles. The molecule has 0 radical (unpaired) electrons. The third kappa shape index (κ3) is 5.55. The van der Waals surface area contributed by atoms with Gasteiger partial charge in [0.2, 0.25) is 0 Å². The lowest BCUT2D eigenvalue weighted by molar-refractivity contribution is 0.0750. The van der Waals surface area contributed by atoms with Gasteiger partial charge < -0.3 is 20.0 Å². The van der Waals surface area contributed by atoms with E-state index in [4.69, 9.17) is 0 Å². The summed E-state index contributed by atoms with van der Waals surface area (Å²) in [5, 5.41) is 4.89. The maximum absolute atomic E-state index is 12.6. The van der Waals surface area contributed by atoms with E-state index in [-0.39, 0.29) is 11.8 Å². The Morgan fingerprint density at radius 2 is 1.93 bits per heavy atom. The summed E-state index contributed by atoms with van der Waals surface area (Å²) in [6.45, 7) is 6.39. The van der Waals surface area contributed by atoms with Gasteiger partial charge in [0.25, 0.3) is 11.8 Å². The van der Waals surface area contributed by atoms with E-state index in [2.05, 4.69) is 20.1 Å². The molecule has 0 unspecified atom stereocenters. The van der Waals surface area contributed by atoms with Crippen molar-refractivity contribution < 1.29 is 9.59 Å². The summed E-state index contributed by atoms with van der Waals surface area (Å²) < 4.78 is 0. The number of amides is 2. The first kappa shape index (κ1) is 21.3. The lowest BCUT2D eigenvalue weighted by atomic mass is 10.2. The van der Waals surface area contributed by atoms with Crippen LogP contribution in [0.2, 0.25) is 0 Å². The van der Waals surface area contributed by atoms with Gasteiger partial charge in [0.15, 0.2) is 0 Å². The summed E-state index contributed by atoms with van der Waals surface area (Å²) in [6, 6.07) is 5.68. The molecule has 2 aromatic rings. The molecule has 2 amide bonds. The van der Waals surface area contributed by atoms with Crippen LogP contribution in [0.3, 0.4) is 0 Å². The average molecular weight is 416 g/mol. The van der Waals surface area contributed by atoms with Crippen LogP contribution in [0.25, 0.3) is 0 Å². The van der Waals surface area contributed by atoms with Gasteiger partial charge in [-0.3, -0.25) is 9.59 Å². The zero-order valence-electron chi connectivity index (χ0n) is 17.4. The zero-order valence-corrected chi connectivity index (χ0v) is 18.2. The van der Waals surface area contributed by atoms with Crippen LogP contribution >= 0.6 is 11.3 Å². The van der Waals surface area contributed by atoms with Gasteiger partial charge in [-0.05, 0) is 63.1 Å². The number of aryl methyl sites for hydroxylation is 1. The van der Waals surface area contributed by atoms with Gasteiger partial charge in [-0.15, -0.1) is 11.3 Å². The van der Waals surface area contributed by atoms with Crippen molar-refractivity contribution in [1.82, 2.24) is 20.1 Å². The minimum Gasteiger partial charge on any atom is -0.353 e. The van der Waals surface area contributed by atoms with Gasteiger partial charge in [-0.1, -0.05) is 0 Å². The third-order valence-electron chi connectivity index (χ3n) is 5.02. The molecule has 29 heavy (non-hydrogen) atoms. The minimum absolute atomic E-state index is 0.0930. The molecule has 0 saturated carbocycles. The number of hydrogen-bond acceptors (Lipinski definition) is 6. The summed E-state index contributed by atoms with van der Waals surface area (Å²) in [7, 11) is 4.03. The van der Waals surface area contributed by atoms with Crippen LogP contribution in [0.15, 0.2) is 29.8 Å². The number of anilines is 1. The molecule has 2 aromatic heterocycles. The molecule has 0 spiro atoms. The van der Waals surface area contributed by atoms with E-state index in [0.29, 0.717) is 25.2 Å². The first-order valence-electron chi connectivity index (χ1n) is 9.93. The molecule has 0 atom stereocenters. The first-order chi connectivity index (χ1) is 14.0. The van der Waals surface area contributed by atoms with E-state index < -0.39 is 0 Å². The molecule has 1 aliphatic heterocycles. The second-order valence-corrected chi connectivity index (χ2v) is 8.45. The Balaban J connectivity index is 1.49. The van der Waals surface area contributed by atoms with Crippen LogP contribution < -0.4 is 10.2 Å². The zero-order chi connectivity index (χ0) is 20.8. The van der Waals surface area contributed by atoms with Crippen molar-refractivity contribution in [2.24, 2.45) is 0 Å². The van der Waals surface area contributed by atoms with Crippen LogP contribution in [-0.2, 0) is 0 Å². The number of aromatic nitrogens is 1. The molecular formula is C21H29N5O2S. The largest absolute Gasteiger partial charge is 0.353 e. The SMILES string of the molecule is Cc1ccsc1C(=O)N1CCN(c2ccc(C(=O)NCCCN(C)C)cn2)CC1. The lowest BCUT2D eigenvalue weighted by Crippen LogP contribution is -2.49. The molecule has 156 valence electrons. The highest BCUT2D eigenvalue weighted by Gasteiger charge is 2.24. The van der Waals surface area contributed by atoms with E-state index in [1.165, 1.54) is 11.3 Å². The molecule has 0 bridgehead atoms. The highest BCUT2D eigenvalue weighted by atomic mass is 32.1. The third-order valence-corrected chi connectivity index (χ3v) is 6.03. The van der Waals surface area contributed by atoms with Crippen molar-refractivity contribution in [1.29, 1.82) is 0 Å². The Bertz CT molecular complexity index is 826. The Kier molecular flexibility index (Phi) is 7.22. The van der Waals surface area contributed by atoms with Gasteiger partial charge in [0.05, 0.1) is 10.4 Å². The van der Waals surface area contributed by atoms with Crippen molar-refractivity contribution in [3.8, 4) is 0 Å². The Morgan fingerprint density at radius 3 is 2.52 bits per heavy atom. The van der Waals surface area contributed by atoms with Crippen molar-refractivity contribution in [2.75, 3.05) is 58.3 Å². The molecule has 7 nitrogen and oxygen atoms in total. The molecule has 0 aromatic carbocycles. The number of nitrogens with one attached hydrogen (secondary N) is 1. The molecule has 1 saturated heterocycles. The monoisotopic (exact) mass is 415 g/mol. The second kappa shape index (κ2) is 9.84. The topological polar surface area (TPSA) is 68.8 Å². The van der Waals surface area contributed by atoms with Crippen molar-refractivity contribution in [3.63, 3.8) is 0 Å². The fraction of sp³-hybridized carbons (Fsp3) is 0.476. The van der Waals surface area contributed by atoms with Crippen molar-refractivity contribution in [2.45, 2.75) is 13.3 Å². The number of piperazine rings is 1. The molecule has 1 N–H and O–H groups in total. The number of rotatable bonds is 7. The highest BCUT2D eigenvalue weighted by molar-refractivity contribution is 7.12. The smallest absolute Gasteiger partial charge is 0.264 e. The van der Waals surface area contributed by atoms with Gasteiger partial charge in [0.1, 0.15) is 5.82 Å². The normalized spacial score (nSPS) is 14.3. The van der Waals surface area contributed by atoms with E-state index in [1.807, 2.05) is 49.5 Å². The number of carbonyl (C=O) groups is 2. The van der Waals surface area contributed by atoms with Gasteiger partial charge in [-0.25, -0.2) is 4.98 Å². The van der Waals surface area contributed by atoms with Crippen LogP contribution in [0, 0.1) is 6.92 Å². The average Bonchev–Trinajstić information content (AvgIpc) is 3.16. The summed E-state index contributed by atoms with van der Waals surface area (Å²) in [5.41, 5.74) is 1.61. The quantitative estimate of drug-likeness (QED) is 0.702. The van der Waals surface area contributed by atoms with Gasteiger partial charge in [0, 0.05) is 38.9 Å². The van der Waals surface area contributed by atoms with E-state index in [0.717, 1.165) is 42.3 Å². The van der Waals surface area contributed by atoms with Crippen molar-refractivity contribution in [3.05, 3.63) is 45.8 Å². The summed E-state index contributed by atoms with van der Waals surface area (Å²) in [6.07, 6.45) is 2.54. The maximum atomic E-state index is 12.6. The molecule has 8 heteroatoms. The second-order valence-electron chi connectivity index (χ2n) is 7.53. The fourth-order valence-electron chi connectivity index (χ4n) is 3.28. The number of thiophene rings is 1. The Hall–Kier alpha value is -2.45. The predicted molar refractivity (Wildman–Crippen MR) is 117 cm³/mol. The Morgan fingerprint density at radius 1 is 1.17 bits per heavy atom. The van der Waals surface area contributed by atoms with E-state index in [1.54, 1.807) is 6.20 Å². The van der Waals surface area contributed by atoms with Crippen LogP contribution in [0.1, 0.15) is 32.0 Å². The van der Waals surface area contributed by atoms with Gasteiger partial charge in [-0.2, -0.15) is 0 Å². The van der Waals surface area contributed by atoms with E-state index >= 15 is 0 Å². The highest BCUT2D eigenvalue weighted by Crippen LogP contribution is 2.20. The fourth-order valence-corrected chi connectivity index (χ4v) is 4.17. The molecular weight excluding hydrogens is 386 g/mol. The molecule has 3 rings (SSSR count). The number of hydrogen-bond donors (Lipinski definition) is 1. The number of carbonyl (C=O) groups excluding carboxylic acids is 2. The number of pyridine rings is 1. The molecule has 1 fully saturated rings. The van der Waals surface area contributed by atoms with Crippen LogP contribution in [0.4, 0.5) is 5.82 Å². The summed E-state index contributed by atoms with van der Waals surface area (Å²) in [5.74, 6) is 0.865. The van der Waals surface area contributed by atoms with Crippen LogP contribution in [0.5, 0.6) is 0 Å². The molecule has 1 aliphatic rings. The molecule has 3 heterocycles. The Labute approximate surface area is 176 Å². The first-order valence-corrected chi connectivity index (χ1v) is 10.8. The maximum Gasteiger partial charge on any atom is 0.264 e. The summed E-state index contributed by atoms with van der Waals surface area (Å²) in [4.78, 5) is 36.3. The van der Waals surface area contributed by atoms with Gasteiger partial charge >= 0.3 is 0 Å².